The monoisotopic (exact) mass is 473 g/mol. The van der Waals surface area contributed by atoms with Gasteiger partial charge in [-0.15, -0.1) is 0 Å². The number of rotatable bonds is 4. The van der Waals surface area contributed by atoms with Crippen molar-refractivity contribution in [2.75, 3.05) is 42.6 Å². The van der Waals surface area contributed by atoms with Crippen molar-refractivity contribution in [2.45, 2.75) is 12.6 Å². The van der Waals surface area contributed by atoms with Gasteiger partial charge in [0, 0.05) is 18.1 Å². The molecular formula is C26H24ClN5O2. The average Bonchev–Trinajstić information content (AvgIpc) is 3.34. The van der Waals surface area contributed by atoms with Crippen LogP contribution in [0.2, 0.25) is 5.02 Å². The molecule has 0 spiro atoms. The van der Waals surface area contributed by atoms with E-state index >= 15 is 0 Å². The number of anilines is 2. The van der Waals surface area contributed by atoms with Gasteiger partial charge >= 0.3 is 6.03 Å². The summed E-state index contributed by atoms with van der Waals surface area (Å²) in [7, 11) is 0. The lowest BCUT2D eigenvalue weighted by Crippen LogP contribution is -2.51. The molecule has 1 atom stereocenters. The molecule has 2 aromatic carbocycles. The normalized spacial score (nSPS) is 19.7. The SMILES string of the molecule is O=C1N(Cc2ccc(Cl)cc2)c2cc(N3CCOCC3)cnc2C2=NCC(c3ccccc3)N12. The number of amidine groups is 1. The summed E-state index contributed by atoms with van der Waals surface area (Å²) >= 11 is 6.10. The highest BCUT2D eigenvalue weighted by molar-refractivity contribution is 6.30. The summed E-state index contributed by atoms with van der Waals surface area (Å²) in [5.74, 6) is 0.648. The predicted octanol–water partition coefficient (Wildman–Crippen LogP) is 4.52. The van der Waals surface area contributed by atoms with Gasteiger partial charge in [-0.2, -0.15) is 0 Å². The van der Waals surface area contributed by atoms with Crippen molar-refractivity contribution < 1.29 is 9.53 Å². The Hall–Kier alpha value is -3.42. The highest BCUT2D eigenvalue weighted by Gasteiger charge is 2.44. The zero-order valence-corrected chi connectivity index (χ0v) is 19.4. The minimum Gasteiger partial charge on any atom is -0.378 e. The van der Waals surface area contributed by atoms with Crippen molar-refractivity contribution in [2.24, 2.45) is 4.99 Å². The van der Waals surface area contributed by atoms with Crippen molar-refractivity contribution in [3.8, 4) is 0 Å². The molecule has 3 aliphatic heterocycles. The molecule has 0 saturated carbocycles. The van der Waals surface area contributed by atoms with Crippen molar-refractivity contribution in [1.29, 1.82) is 0 Å². The van der Waals surface area contributed by atoms with Gasteiger partial charge in [-0.05, 0) is 29.3 Å². The predicted molar refractivity (Wildman–Crippen MR) is 133 cm³/mol. The van der Waals surface area contributed by atoms with Crippen molar-refractivity contribution in [1.82, 2.24) is 9.88 Å². The summed E-state index contributed by atoms with van der Waals surface area (Å²) in [5, 5.41) is 0.670. The Balaban J connectivity index is 1.42. The molecular weight excluding hydrogens is 450 g/mol. The Morgan fingerprint density at radius 3 is 2.56 bits per heavy atom. The summed E-state index contributed by atoms with van der Waals surface area (Å²) in [5.41, 5.74) is 4.57. The molecule has 3 aromatic rings. The quantitative estimate of drug-likeness (QED) is 0.559. The van der Waals surface area contributed by atoms with E-state index in [9.17, 15) is 4.79 Å². The molecule has 7 nitrogen and oxygen atoms in total. The molecule has 1 unspecified atom stereocenters. The van der Waals surface area contributed by atoms with Crippen LogP contribution in [0.3, 0.4) is 0 Å². The number of ether oxygens (including phenoxy) is 1. The molecule has 172 valence electrons. The zero-order chi connectivity index (χ0) is 23.1. The number of hydrogen-bond donors (Lipinski definition) is 0. The smallest absolute Gasteiger partial charge is 0.331 e. The minimum atomic E-state index is -0.148. The highest BCUT2D eigenvalue weighted by Crippen LogP contribution is 2.39. The summed E-state index contributed by atoms with van der Waals surface area (Å²) in [6.07, 6.45) is 1.89. The number of morpholine rings is 1. The minimum absolute atomic E-state index is 0.0894. The maximum Gasteiger partial charge on any atom is 0.331 e. The van der Waals surface area contributed by atoms with Gasteiger partial charge in [0.2, 0.25) is 0 Å². The van der Waals surface area contributed by atoms with E-state index in [-0.39, 0.29) is 12.1 Å². The van der Waals surface area contributed by atoms with Gasteiger partial charge in [0.1, 0.15) is 5.69 Å². The van der Waals surface area contributed by atoms with E-state index in [2.05, 4.69) is 11.0 Å². The van der Waals surface area contributed by atoms with E-state index in [4.69, 9.17) is 26.3 Å². The van der Waals surface area contributed by atoms with E-state index in [0.717, 1.165) is 41.3 Å². The number of urea groups is 1. The van der Waals surface area contributed by atoms with E-state index in [1.165, 1.54) is 0 Å². The first-order chi connectivity index (χ1) is 16.7. The molecule has 0 bridgehead atoms. The third kappa shape index (κ3) is 3.71. The molecule has 34 heavy (non-hydrogen) atoms. The van der Waals surface area contributed by atoms with Gasteiger partial charge < -0.3 is 9.64 Å². The van der Waals surface area contributed by atoms with Crippen molar-refractivity contribution in [3.05, 3.63) is 88.7 Å². The van der Waals surface area contributed by atoms with Crippen LogP contribution in [0.5, 0.6) is 0 Å². The van der Waals surface area contributed by atoms with E-state index < -0.39 is 0 Å². The molecule has 3 aliphatic rings. The lowest BCUT2D eigenvalue weighted by Gasteiger charge is -2.38. The molecule has 1 fully saturated rings. The second-order valence-corrected chi connectivity index (χ2v) is 9.05. The van der Waals surface area contributed by atoms with Gasteiger partial charge in [0.25, 0.3) is 0 Å². The number of aromatic nitrogens is 1. The van der Waals surface area contributed by atoms with Crippen molar-refractivity contribution in [3.63, 3.8) is 0 Å². The number of aliphatic imine (C=N–C) groups is 1. The van der Waals surface area contributed by atoms with Crippen LogP contribution in [0.1, 0.15) is 22.9 Å². The molecule has 8 heteroatoms. The molecule has 6 rings (SSSR count). The highest BCUT2D eigenvalue weighted by atomic mass is 35.5. The molecule has 0 aliphatic carbocycles. The third-order valence-electron chi connectivity index (χ3n) is 6.56. The number of hydrogen-bond acceptors (Lipinski definition) is 5. The van der Waals surface area contributed by atoms with E-state index in [0.29, 0.717) is 37.2 Å². The Labute approximate surface area is 203 Å². The maximum atomic E-state index is 14.0. The number of amides is 2. The largest absolute Gasteiger partial charge is 0.378 e. The zero-order valence-electron chi connectivity index (χ0n) is 18.6. The summed E-state index contributed by atoms with van der Waals surface area (Å²) in [6, 6.07) is 19.5. The lowest BCUT2D eigenvalue weighted by molar-refractivity contribution is 0.122. The molecule has 2 amide bonds. The second kappa shape index (κ2) is 8.74. The summed E-state index contributed by atoms with van der Waals surface area (Å²) in [4.78, 5) is 29.5. The second-order valence-electron chi connectivity index (χ2n) is 8.62. The average molecular weight is 474 g/mol. The Morgan fingerprint density at radius 2 is 1.79 bits per heavy atom. The summed E-state index contributed by atoms with van der Waals surface area (Å²) < 4.78 is 5.51. The van der Waals surface area contributed by atoms with Crippen LogP contribution in [-0.2, 0) is 11.3 Å². The number of benzene rings is 2. The number of pyridine rings is 1. The first-order valence-electron chi connectivity index (χ1n) is 11.5. The van der Waals surface area contributed by atoms with Crippen LogP contribution in [0.15, 0.2) is 71.9 Å². The van der Waals surface area contributed by atoms with Crippen LogP contribution in [0, 0.1) is 0 Å². The first-order valence-corrected chi connectivity index (χ1v) is 11.8. The Morgan fingerprint density at radius 1 is 1.03 bits per heavy atom. The molecule has 1 aromatic heterocycles. The molecule has 0 N–H and O–H groups in total. The van der Waals surface area contributed by atoms with Crippen molar-refractivity contribution >= 4 is 34.8 Å². The lowest BCUT2D eigenvalue weighted by atomic mass is 10.0. The number of halogens is 1. The molecule has 0 radical (unpaired) electrons. The van der Waals surface area contributed by atoms with Gasteiger partial charge in [0.05, 0.1) is 49.9 Å². The van der Waals surface area contributed by atoms with Gasteiger partial charge in [-0.25, -0.2) is 9.78 Å². The van der Waals surface area contributed by atoms with Gasteiger partial charge in [0.15, 0.2) is 5.84 Å². The number of fused-ring (bicyclic) bond motifs is 3. The maximum absolute atomic E-state index is 14.0. The van der Waals surface area contributed by atoms with Crippen LogP contribution in [-0.4, -0.2) is 54.6 Å². The number of carbonyl (C=O) groups excluding carboxylic acids is 1. The standard InChI is InChI=1S/C26H24ClN5O2/c27-20-8-6-18(7-9-20)17-31-22-14-21(30-10-12-34-13-11-30)15-28-24(22)25-29-16-23(32(25)26(31)33)19-4-2-1-3-5-19/h1-9,14-15,23H,10-13,16-17H2. The summed E-state index contributed by atoms with van der Waals surface area (Å²) in [6.45, 7) is 3.91. The third-order valence-corrected chi connectivity index (χ3v) is 6.81. The van der Waals surface area contributed by atoms with Gasteiger partial charge in [-0.3, -0.25) is 14.8 Å². The number of carbonyl (C=O) groups is 1. The Bertz CT molecular complexity index is 1240. The van der Waals surface area contributed by atoms with Crippen LogP contribution in [0.4, 0.5) is 16.2 Å². The van der Waals surface area contributed by atoms with Crippen LogP contribution < -0.4 is 9.80 Å². The fraction of sp³-hybridized carbons (Fsp3) is 0.269. The van der Waals surface area contributed by atoms with Crippen LogP contribution in [0.25, 0.3) is 0 Å². The fourth-order valence-electron chi connectivity index (χ4n) is 4.79. The van der Waals surface area contributed by atoms with Crippen LogP contribution >= 0.6 is 11.6 Å². The molecule has 1 saturated heterocycles. The van der Waals surface area contributed by atoms with E-state index in [1.807, 2.05) is 65.7 Å². The molecule has 4 heterocycles. The number of nitrogens with zero attached hydrogens (tertiary/aromatic N) is 5. The van der Waals surface area contributed by atoms with E-state index in [1.54, 1.807) is 4.90 Å². The first kappa shape index (κ1) is 21.1. The topological polar surface area (TPSA) is 61.3 Å². The fourth-order valence-corrected chi connectivity index (χ4v) is 4.92. The Kier molecular flexibility index (Phi) is 5.43. The van der Waals surface area contributed by atoms with Gasteiger partial charge in [-0.1, -0.05) is 54.1 Å².